The van der Waals surface area contributed by atoms with Crippen LogP contribution in [0.4, 0.5) is 13.2 Å². The Bertz CT molecular complexity index is 617. The van der Waals surface area contributed by atoms with E-state index in [0.29, 0.717) is 13.0 Å². The standard InChI is InChI=1S/C14H19F3N2O2S/c15-14(16,17)12-6-2-1-4-11(12)9-22(20,21)19-13-7-3-5-10(13)8-18/h1-2,4,6,10,13,19H,3,5,7-9,18H2. The molecule has 124 valence electrons. The van der Waals surface area contributed by atoms with Crippen LogP contribution in [0.5, 0.6) is 0 Å². The first kappa shape index (κ1) is 17.2. The summed E-state index contributed by atoms with van der Waals surface area (Å²) in [6, 6.07) is 4.44. The normalized spacial score (nSPS) is 22.9. The Morgan fingerprint density at radius 2 is 1.91 bits per heavy atom. The molecule has 0 saturated heterocycles. The van der Waals surface area contributed by atoms with Gasteiger partial charge in [0.2, 0.25) is 10.0 Å². The molecule has 0 heterocycles. The highest BCUT2D eigenvalue weighted by Gasteiger charge is 2.35. The van der Waals surface area contributed by atoms with E-state index in [0.717, 1.165) is 18.9 Å². The van der Waals surface area contributed by atoms with Crippen molar-refractivity contribution in [3.05, 3.63) is 35.4 Å². The minimum atomic E-state index is -4.57. The zero-order valence-corrected chi connectivity index (χ0v) is 12.8. The SMILES string of the molecule is NCC1CCCC1NS(=O)(=O)Cc1ccccc1C(F)(F)F. The van der Waals surface area contributed by atoms with Crippen LogP contribution < -0.4 is 10.5 Å². The lowest BCUT2D eigenvalue weighted by Gasteiger charge is -2.20. The van der Waals surface area contributed by atoms with Gasteiger partial charge in [-0.05, 0) is 36.9 Å². The number of nitrogens with one attached hydrogen (secondary N) is 1. The maximum atomic E-state index is 12.9. The fourth-order valence-electron chi connectivity index (χ4n) is 2.87. The van der Waals surface area contributed by atoms with Gasteiger partial charge in [0, 0.05) is 6.04 Å². The first-order chi connectivity index (χ1) is 10.2. The second kappa shape index (κ2) is 6.55. The maximum Gasteiger partial charge on any atom is 0.416 e. The van der Waals surface area contributed by atoms with Gasteiger partial charge in [-0.3, -0.25) is 0 Å². The van der Waals surface area contributed by atoms with E-state index in [1.54, 1.807) is 0 Å². The number of hydrogen-bond acceptors (Lipinski definition) is 3. The molecule has 1 aromatic carbocycles. The molecule has 0 aliphatic heterocycles. The third kappa shape index (κ3) is 4.21. The van der Waals surface area contributed by atoms with Crippen LogP contribution in [0.3, 0.4) is 0 Å². The maximum absolute atomic E-state index is 12.9. The van der Waals surface area contributed by atoms with Gasteiger partial charge in [-0.1, -0.05) is 24.6 Å². The monoisotopic (exact) mass is 336 g/mol. The van der Waals surface area contributed by atoms with E-state index >= 15 is 0 Å². The van der Waals surface area contributed by atoms with E-state index in [1.807, 2.05) is 0 Å². The summed E-state index contributed by atoms with van der Waals surface area (Å²) in [5.41, 5.74) is 4.43. The summed E-state index contributed by atoms with van der Waals surface area (Å²) in [6.45, 7) is 0.367. The van der Waals surface area contributed by atoms with Crippen LogP contribution in [-0.4, -0.2) is 21.0 Å². The van der Waals surface area contributed by atoms with Gasteiger partial charge < -0.3 is 5.73 Å². The van der Waals surface area contributed by atoms with Crippen LogP contribution >= 0.6 is 0 Å². The van der Waals surface area contributed by atoms with Crippen LogP contribution in [0.25, 0.3) is 0 Å². The van der Waals surface area contributed by atoms with Crippen LogP contribution in [0.2, 0.25) is 0 Å². The van der Waals surface area contributed by atoms with Crippen molar-refractivity contribution in [2.75, 3.05) is 6.54 Å². The van der Waals surface area contributed by atoms with Gasteiger partial charge in [0.25, 0.3) is 0 Å². The number of hydrogen-bond donors (Lipinski definition) is 2. The lowest BCUT2D eigenvalue weighted by atomic mass is 10.1. The molecule has 2 unspecified atom stereocenters. The molecule has 0 radical (unpaired) electrons. The third-order valence-corrected chi connectivity index (χ3v) is 5.31. The molecule has 0 aromatic heterocycles. The van der Waals surface area contributed by atoms with Crippen molar-refractivity contribution in [2.45, 2.75) is 37.2 Å². The van der Waals surface area contributed by atoms with Crippen molar-refractivity contribution in [3.63, 3.8) is 0 Å². The summed E-state index contributed by atoms with van der Waals surface area (Å²) in [5, 5.41) is 0. The van der Waals surface area contributed by atoms with Crippen LogP contribution in [-0.2, 0) is 22.0 Å². The Morgan fingerprint density at radius 3 is 2.55 bits per heavy atom. The summed E-state index contributed by atoms with van der Waals surface area (Å²) in [6.07, 6.45) is -2.20. The summed E-state index contributed by atoms with van der Waals surface area (Å²) < 4.78 is 65.6. The first-order valence-electron chi connectivity index (χ1n) is 7.08. The average molecular weight is 336 g/mol. The zero-order chi connectivity index (χ0) is 16.4. The Kier molecular flexibility index (Phi) is 5.14. The molecule has 2 rings (SSSR count). The quantitative estimate of drug-likeness (QED) is 0.866. The summed E-state index contributed by atoms with van der Waals surface area (Å²) in [7, 11) is -3.85. The van der Waals surface area contributed by atoms with Gasteiger partial charge in [0.05, 0.1) is 11.3 Å². The second-order valence-corrected chi connectivity index (χ2v) is 7.32. The highest BCUT2D eigenvalue weighted by molar-refractivity contribution is 7.88. The van der Waals surface area contributed by atoms with Gasteiger partial charge in [0.1, 0.15) is 0 Å². The molecule has 8 heteroatoms. The Hall–Kier alpha value is -1.12. The number of alkyl halides is 3. The van der Waals surface area contributed by atoms with E-state index in [9.17, 15) is 21.6 Å². The molecule has 1 saturated carbocycles. The van der Waals surface area contributed by atoms with Gasteiger partial charge in [-0.2, -0.15) is 13.2 Å². The fourth-order valence-corrected chi connectivity index (χ4v) is 4.39. The molecule has 1 aliphatic rings. The Labute approximate surface area is 127 Å². The molecular weight excluding hydrogens is 317 g/mol. The molecule has 0 bridgehead atoms. The van der Waals surface area contributed by atoms with Crippen LogP contribution in [0, 0.1) is 5.92 Å². The van der Waals surface area contributed by atoms with Crippen molar-refractivity contribution in [3.8, 4) is 0 Å². The number of rotatable bonds is 5. The summed E-state index contributed by atoms with van der Waals surface area (Å²) in [5.74, 6) is -0.635. The zero-order valence-electron chi connectivity index (χ0n) is 11.9. The molecule has 1 aliphatic carbocycles. The molecule has 2 atom stereocenters. The van der Waals surface area contributed by atoms with Gasteiger partial charge in [-0.15, -0.1) is 0 Å². The predicted octanol–water partition coefficient (Wildman–Crippen LogP) is 2.25. The van der Waals surface area contributed by atoms with Crippen molar-refractivity contribution in [2.24, 2.45) is 11.7 Å². The molecular formula is C14H19F3N2O2S. The van der Waals surface area contributed by atoms with E-state index in [2.05, 4.69) is 4.72 Å². The molecule has 3 N–H and O–H groups in total. The topological polar surface area (TPSA) is 72.2 Å². The fraction of sp³-hybridized carbons (Fsp3) is 0.571. The van der Waals surface area contributed by atoms with E-state index in [4.69, 9.17) is 5.73 Å². The van der Waals surface area contributed by atoms with E-state index in [-0.39, 0.29) is 17.5 Å². The second-order valence-electron chi connectivity index (χ2n) is 5.57. The van der Waals surface area contributed by atoms with Crippen molar-refractivity contribution in [1.82, 2.24) is 4.72 Å². The average Bonchev–Trinajstić information content (AvgIpc) is 2.83. The van der Waals surface area contributed by atoms with E-state index < -0.39 is 27.5 Å². The highest BCUT2D eigenvalue weighted by atomic mass is 32.2. The highest BCUT2D eigenvalue weighted by Crippen LogP contribution is 2.33. The van der Waals surface area contributed by atoms with E-state index in [1.165, 1.54) is 18.2 Å². The van der Waals surface area contributed by atoms with Gasteiger partial charge in [0.15, 0.2) is 0 Å². The number of benzene rings is 1. The van der Waals surface area contributed by atoms with Gasteiger partial charge in [-0.25, -0.2) is 13.1 Å². The molecule has 1 fully saturated rings. The van der Waals surface area contributed by atoms with Crippen molar-refractivity contribution < 1.29 is 21.6 Å². The van der Waals surface area contributed by atoms with Crippen molar-refractivity contribution >= 4 is 10.0 Å². The lowest BCUT2D eigenvalue weighted by Crippen LogP contribution is -2.40. The molecule has 22 heavy (non-hydrogen) atoms. The first-order valence-corrected chi connectivity index (χ1v) is 8.73. The van der Waals surface area contributed by atoms with Crippen molar-refractivity contribution in [1.29, 1.82) is 0 Å². The minimum Gasteiger partial charge on any atom is -0.330 e. The Morgan fingerprint density at radius 1 is 1.23 bits per heavy atom. The molecule has 0 amide bonds. The summed E-state index contributed by atoms with van der Waals surface area (Å²) in [4.78, 5) is 0. The number of nitrogens with two attached hydrogens (primary N) is 1. The third-order valence-electron chi connectivity index (χ3n) is 3.96. The predicted molar refractivity (Wildman–Crippen MR) is 77.4 cm³/mol. The van der Waals surface area contributed by atoms with Gasteiger partial charge >= 0.3 is 6.18 Å². The Balaban J connectivity index is 2.16. The smallest absolute Gasteiger partial charge is 0.330 e. The van der Waals surface area contributed by atoms with Crippen LogP contribution in [0.1, 0.15) is 30.4 Å². The molecule has 0 spiro atoms. The minimum absolute atomic E-state index is 0.0487. The molecule has 4 nitrogen and oxygen atoms in total. The lowest BCUT2D eigenvalue weighted by molar-refractivity contribution is -0.138. The summed E-state index contributed by atoms with van der Waals surface area (Å²) >= 11 is 0. The number of sulfonamides is 1. The number of halogens is 3. The largest absolute Gasteiger partial charge is 0.416 e. The van der Waals surface area contributed by atoms with Crippen LogP contribution in [0.15, 0.2) is 24.3 Å². The molecule has 1 aromatic rings.